The lowest BCUT2D eigenvalue weighted by Gasteiger charge is -2.23. The molecule has 0 fully saturated rings. The number of benzene rings is 2. The number of hydrogen-bond acceptors (Lipinski definition) is 7. The number of thioether (sulfide) groups is 1. The maximum Gasteiger partial charge on any atom is 0.227 e. The fraction of sp³-hybridized carbons (Fsp3) is 0.0455. The van der Waals surface area contributed by atoms with Crippen molar-refractivity contribution in [3.8, 4) is 22.8 Å². The Balaban J connectivity index is 1.42. The summed E-state index contributed by atoms with van der Waals surface area (Å²) in [5.41, 5.74) is 10.0. The Labute approximate surface area is 172 Å². The van der Waals surface area contributed by atoms with Crippen LogP contribution in [0.1, 0.15) is 0 Å². The van der Waals surface area contributed by atoms with E-state index in [1.807, 2.05) is 48.5 Å². The molecule has 2 N–H and O–H groups in total. The Bertz CT molecular complexity index is 1140. The van der Waals surface area contributed by atoms with Gasteiger partial charge in [0.2, 0.25) is 5.88 Å². The second kappa shape index (κ2) is 7.54. The Kier molecular flexibility index (Phi) is 4.59. The van der Waals surface area contributed by atoms with Crippen LogP contribution in [0.5, 0.6) is 11.6 Å². The number of para-hydroxylation sites is 1. The summed E-state index contributed by atoms with van der Waals surface area (Å²) in [4.78, 5) is 15.8. The van der Waals surface area contributed by atoms with E-state index in [9.17, 15) is 0 Å². The molecule has 1 aliphatic heterocycles. The number of ether oxygens (including phenoxy) is 1. The van der Waals surface area contributed by atoms with Gasteiger partial charge in [-0.3, -0.25) is 0 Å². The topological polar surface area (TPSA) is 77.2 Å². The first-order valence-corrected chi connectivity index (χ1v) is 9.96. The normalized spacial score (nSPS) is 15.2. The largest absolute Gasteiger partial charge is 0.438 e. The van der Waals surface area contributed by atoms with Crippen molar-refractivity contribution in [2.75, 3.05) is 4.90 Å². The van der Waals surface area contributed by atoms with Crippen LogP contribution in [-0.2, 0) is 0 Å². The summed E-state index contributed by atoms with van der Waals surface area (Å²) in [6.45, 7) is 0. The zero-order valence-corrected chi connectivity index (χ0v) is 16.2. The first kappa shape index (κ1) is 17.7. The lowest BCUT2D eigenvalue weighted by Crippen LogP contribution is -2.31. The lowest BCUT2D eigenvalue weighted by atomic mass is 10.1. The highest BCUT2D eigenvalue weighted by Crippen LogP contribution is 2.45. The molecule has 29 heavy (non-hydrogen) atoms. The van der Waals surface area contributed by atoms with E-state index in [0.717, 1.165) is 22.5 Å². The molecule has 0 spiro atoms. The summed E-state index contributed by atoms with van der Waals surface area (Å²) in [5, 5.41) is 0. The van der Waals surface area contributed by atoms with Crippen molar-refractivity contribution in [1.82, 2.24) is 15.0 Å². The van der Waals surface area contributed by atoms with Crippen LogP contribution in [0.15, 0.2) is 90.5 Å². The summed E-state index contributed by atoms with van der Waals surface area (Å²) in [7, 11) is 0. The minimum absolute atomic E-state index is 0.153. The van der Waals surface area contributed by atoms with Gasteiger partial charge in [-0.2, -0.15) is 0 Å². The van der Waals surface area contributed by atoms with Gasteiger partial charge in [-0.25, -0.2) is 15.0 Å². The van der Waals surface area contributed by atoms with Gasteiger partial charge in [0.25, 0.3) is 0 Å². The average molecular weight is 399 g/mol. The SMILES string of the molecule is NC1Sc2ccccc2N1c1ccc(Oc2ncccc2-c2cncnc2)cc1. The maximum absolute atomic E-state index is 6.34. The fourth-order valence-corrected chi connectivity index (χ4v) is 4.32. The van der Waals surface area contributed by atoms with Crippen LogP contribution in [0.4, 0.5) is 11.4 Å². The van der Waals surface area contributed by atoms with Gasteiger partial charge in [0, 0.05) is 40.3 Å². The quantitative estimate of drug-likeness (QED) is 0.527. The molecule has 1 unspecified atom stereocenters. The molecule has 0 bridgehead atoms. The molecule has 1 aliphatic rings. The second-order valence-corrected chi connectivity index (χ2v) is 7.58. The first-order valence-electron chi connectivity index (χ1n) is 9.08. The molecule has 5 rings (SSSR count). The zero-order valence-electron chi connectivity index (χ0n) is 15.3. The van der Waals surface area contributed by atoms with E-state index in [4.69, 9.17) is 10.5 Å². The Morgan fingerprint density at radius 1 is 0.931 bits per heavy atom. The zero-order chi connectivity index (χ0) is 19.6. The summed E-state index contributed by atoms with van der Waals surface area (Å²) in [6.07, 6.45) is 6.68. The number of pyridine rings is 1. The van der Waals surface area contributed by atoms with Crippen LogP contribution in [0, 0.1) is 0 Å². The highest BCUT2D eigenvalue weighted by atomic mass is 32.2. The summed E-state index contributed by atoms with van der Waals surface area (Å²) in [5.74, 6) is 1.20. The van der Waals surface area contributed by atoms with E-state index in [0.29, 0.717) is 11.6 Å². The standard InChI is InChI=1S/C22H17N5OS/c23-22-27(19-5-1-2-6-20(19)29-22)16-7-9-17(10-8-16)28-21-18(4-3-11-26-21)15-12-24-14-25-13-15/h1-14,22H,23H2. The van der Waals surface area contributed by atoms with Crippen molar-refractivity contribution in [1.29, 1.82) is 0 Å². The Morgan fingerprint density at radius 3 is 2.55 bits per heavy atom. The number of hydrogen-bond donors (Lipinski definition) is 1. The van der Waals surface area contributed by atoms with E-state index < -0.39 is 0 Å². The minimum atomic E-state index is -0.153. The van der Waals surface area contributed by atoms with Crippen molar-refractivity contribution in [2.45, 2.75) is 10.4 Å². The highest BCUT2D eigenvalue weighted by molar-refractivity contribution is 8.00. The van der Waals surface area contributed by atoms with E-state index in [2.05, 4.69) is 32.0 Å². The third kappa shape index (κ3) is 3.41. The van der Waals surface area contributed by atoms with Crippen LogP contribution in [0.2, 0.25) is 0 Å². The molecule has 2 aromatic heterocycles. The van der Waals surface area contributed by atoms with Gasteiger partial charge in [0.05, 0.1) is 5.69 Å². The number of aromatic nitrogens is 3. The fourth-order valence-electron chi connectivity index (χ4n) is 3.28. The second-order valence-electron chi connectivity index (χ2n) is 6.43. The average Bonchev–Trinajstić information content (AvgIpc) is 3.11. The molecular formula is C22H17N5OS. The molecule has 0 saturated carbocycles. The van der Waals surface area contributed by atoms with Gasteiger partial charge >= 0.3 is 0 Å². The van der Waals surface area contributed by atoms with Gasteiger partial charge in [0.1, 0.15) is 17.6 Å². The van der Waals surface area contributed by atoms with Crippen molar-refractivity contribution in [2.24, 2.45) is 5.73 Å². The molecular weight excluding hydrogens is 382 g/mol. The molecule has 3 heterocycles. The monoisotopic (exact) mass is 399 g/mol. The third-order valence-electron chi connectivity index (χ3n) is 4.60. The summed E-state index contributed by atoms with van der Waals surface area (Å²) >= 11 is 1.65. The number of nitrogens with zero attached hydrogens (tertiary/aromatic N) is 4. The van der Waals surface area contributed by atoms with Crippen LogP contribution < -0.4 is 15.4 Å². The van der Waals surface area contributed by atoms with Crippen LogP contribution in [0.25, 0.3) is 11.1 Å². The molecule has 6 nitrogen and oxygen atoms in total. The number of anilines is 2. The molecule has 2 aromatic carbocycles. The summed E-state index contributed by atoms with van der Waals surface area (Å²) < 4.78 is 6.06. The predicted molar refractivity (Wildman–Crippen MR) is 114 cm³/mol. The van der Waals surface area contributed by atoms with Crippen molar-refractivity contribution in [3.05, 3.63) is 85.6 Å². The number of nitrogens with two attached hydrogens (primary N) is 1. The van der Waals surface area contributed by atoms with Crippen molar-refractivity contribution >= 4 is 23.1 Å². The van der Waals surface area contributed by atoms with E-state index >= 15 is 0 Å². The van der Waals surface area contributed by atoms with Gasteiger partial charge in [0.15, 0.2) is 0 Å². The first-order chi connectivity index (χ1) is 14.3. The van der Waals surface area contributed by atoms with Gasteiger partial charge in [-0.05, 0) is 48.5 Å². The highest BCUT2D eigenvalue weighted by Gasteiger charge is 2.28. The Morgan fingerprint density at radius 2 is 1.72 bits per heavy atom. The van der Waals surface area contributed by atoms with E-state index in [1.54, 1.807) is 30.4 Å². The van der Waals surface area contributed by atoms with Gasteiger partial charge < -0.3 is 15.4 Å². The molecule has 142 valence electrons. The molecule has 0 radical (unpaired) electrons. The predicted octanol–water partition coefficient (Wildman–Crippen LogP) is 4.82. The van der Waals surface area contributed by atoms with Crippen molar-refractivity contribution in [3.63, 3.8) is 0 Å². The van der Waals surface area contributed by atoms with Crippen LogP contribution in [0.3, 0.4) is 0 Å². The van der Waals surface area contributed by atoms with Crippen LogP contribution >= 0.6 is 11.8 Å². The Hall–Kier alpha value is -3.42. The number of fused-ring (bicyclic) bond motifs is 1. The molecule has 4 aromatic rings. The summed E-state index contributed by atoms with van der Waals surface area (Å²) in [6, 6.07) is 19.9. The third-order valence-corrected chi connectivity index (χ3v) is 5.65. The lowest BCUT2D eigenvalue weighted by molar-refractivity contribution is 0.465. The molecule has 0 amide bonds. The van der Waals surface area contributed by atoms with E-state index in [1.165, 1.54) is 11.2 Å². The van der Waals surface area contributed by atoms with Gasteiger partial charge in [-0.1, -0.05) is 23.9 Å². The van der Waals surface area contributed by atoms with Crippen molar-refractivity contribution < 1.29 is 4.74 Å². The molecule has 7 heteroatoms. The maximum atomic E-state index is 6.34. The molecule has 0 aliphatic carbocycles. The molecule has 0 saturated heterocycles. The smallest absolute Gasteiger partial charge is 0.227 e. The van der Waals surface area contributed by atoms with Gasteiger partial charge in [-0.15, -0.1) is 0 Å². The minimum Gasteiger partial charge on any atom is -0.438 e. The number of rotatable bonds is 4. The van der Waals surface area contributed by atoms with E-state index in [-0.39, 0.29) is 5.50 Å². The van der Waals surface area contributed by atoms with Crippen LogP contribution in [-0.4, -0.2) is 20.4 Å². The molecule has 1 atom stereocenters.